The molecule has 0 heterocycles. The van der Waals surface area contributed by atoms with E-state index < -0.39 is 0 Å². The van der Waals surface area contributed by atoms with Crippen LogP contribution >= 0.6 is 0 Å². The van der Waals surface area contributed by atoms with Gasteiger partial charge in [0.1, 0.15) is 5.75 Å². The molecule has 1 saturated carbocycles. The van der Waals surface area contributed by atoms with Gasteiger partial charge in [-0.25, -0.2) is 0 Å². The molecule has 0 spiro atoms. The number of phenols is 1. The number of phenolic OH excluding ortho intramolecular Hbond substituents is 1. The molecule has 0 unspecified atom stereocenters. The van der Waals surface area contributed by atoms with Gasteiger partial charge in [-0.05, 0) is 48.9 Å². The average molecular weight is 205 g/mol. The number of nitrogens with two attached hydrogens (primary N) is 1. The van der Waals surface area contributed by atoms with Crippen LogP contribution in [0.15, 0.2) is 12.1 Å². The van der Waals surface area contributed by atoms with Crippen LogP contribution < -0.4 is 5.73 Å². The topological polar surface area (TPSA) is 46.2 Å². The van der Waals surface area contributed by atoms with Crippen molar-refractivity contribution >= 4 is 5.69 Å². The van der Waals surface area contributed by atoms with Crippen LogP contribution in [0.3, 0.4) is 0 Å². The van der Waals surface area contributed by atoms with Gasteiger partial charge in [0.25, 0.3) is 0 Å². The standard InChI is InChI=1S/C13H19NO/c1-9-7-13(15)12(14)8-11(9)10-5-3-2-4-6-10/h7-8,10,15H,2-6,14H2,1H3. The Morgan fingerprint density at radius 1 is 1.20 bits per heavy atom. The third-order valence-corrected chi connectivity index (χ3v) is 3.46. The van der Waals surface area contributed by atoms with Crippen LogP contribution in [0.4, 0.5) is 5.69 Å². The van der Waals surface area contributed by atoms with Gasteiger partial charge in [0.15, 0.2) is 0 Å². The van der Waals surface area contributed by atoms with Gasteiger partial charge < -0.3 is 10.8 Å². The number of hydrogen-bond acceptors (Lipinski definition) is 2. The van der Waals surface area contributed by atoms with Crippen molar-refractivity contribution < 1.29 is 5.11 Å². The summed E-state index contributed by atoms with van der Waals surface area (Å²) < 4.78 is 0. The number of nitrogen functional groups attached to an aromatic ring is 1. The van der Waals surface area contributed by atoms with Gasteiger partial charge in [0, 0.05) is 0 Å². The van der Waals surface area contributed by atoms with Gasteiger partial charge >= 0.3 is 0 Å². The Morgan fingerprint density at radius 3 is 2.53 bits per heavy atom. The van der Waals surface area contributed by atoms with E-state index in [4.69, 9.17) is 5.73 Å². The van der Waals surface area contributed by atoms with Crippen molar-refractivity contribution in [2.75, 3.05) is 5.73 Å². The van der Waals surface area contributed by atoms with Gasteiger partial charge in [-0.15, -0.1) is 0 Å². The van der Waals surface area contributed by atoms with E-state index >= 15 is 0 Å². The molecule has 1 aromatic carbocycles. The zero-order chi connectivity index (χ0) is 10.8. The molecule has 3 N–H and O–H groups in total. The summed E-state index contributed by atoms with van der Waals surface area (Å²) in [4.78, 5) is 0. The fourth-order valence-corrected chi connectivity index (χ4v) is 2.58. The second kappa shape index (κ2) is 4.13. The number of aryl methyl sites for hydroxylation is 1. The molecule has 1 aliphatic carbocycles. The molecule has 82 valence electrons. The van der Waals surface area contributed by atoms with Gasteiger partial charge in [-0.2, -0.15) is 0 Å². The van der Waals surface area contributed by atoms with Crippen LogP contribution in [0.1, 0.15) is 49.1 Å². The molecule has 2 rings (SSSR count). The summed E-state index contributed by atoms with van der Waals surface area (Å²) in [6, 6.07) is 3.75. The molecule has 0 saturated heterocycles. The van der Waals surface area contributed by atoms with Crippen LogP contribution in [0.5, 0.6) is 5.75 Å². The molecule has 1 fully saturated rings. The minimum Gasteiger partial charge on any atom is -0.506 e. The third-order valence-electron chi connectivity index (χ3n) is 3.46. The van der Waals surface area contributed by atoms with E-state index in [1.165, 1.54) is 43.2 Å². The molecule has 0 bridgehead atoms. The lowest BCUT2D eigenvalue weighted by Gasteiger charge is -2.24. The smallest absolute Gasteiger partial charge is 0.138 e. The van der Waals surface area contributed by atoms with Gasteiger partial charge in [0.2, 0.25) is 0 Å². The summed E-state index contributed by atoms with van der Waals surface area (Å²) in [5.74, 6) is 0.869. The zero-order valence-electron chi connectivity index (χ0n) is 9.29. The Morgan fingerprint density at radius 2 is 1.87 bits per heavy atom. The first-order valence-electron chi connectivity index (χ1n) is 5.77. The summed E-state index contributed by atoms with van der Waals surface area (Å²) in [6.07, 6.45) is 6.55. The molecule has 2 heteroatoms. The van der Waals surface area contributed by atoms with E-state index in [9.17, 15) is 5.11 Å². The van der Waals surface area contributed by atoms with Gasteiger partial charge in [-0.3, -0.25) is 0 Å². The molecule has 0 aliphatic heterocycles. The first kappa shape index (κ1) is 10.3. The lowest BCUT2D eigenvalue weighted by molar-refractivity contribution is 0.440. The third kappa shape index (κ3) is 2.09. The Bertz CT molecular complexity index is 354. The largest absolute Gasteiger partial charge is 0.506 e. The van der Waals surface area contributed by atoms with Crippen molar-refractivity contribution in [1.29, 1.82) is 0 Å². The molecule has 2 nitrogen and oxygen atoms in total. The van der Waals surface area contributed by atoms with E-state index in [2.05, 4.69) is 6.92 Å². The number of benzene rings is 1. The number of aromatic hydroxyl groups is 1. The lowest BCUT2D eigenvalue weighted by Crippen LogP contribution is -2.06. The molecule has 0 amide bonds. The highest BCUT2D eigenvalue weighted by atomic mass is 16.3. The van der Waals surface area contributed by atoms with Crippen LogP contribution in [0.25, 0.3) is 0 Å². The highest BCUT2D eigenvalue weighted by Gasteiger charge is 2.18. The highest BCUT2D eigenvalue weighted by Crippen LogP contribution is 2.37. The number of hydrogen-bond donors (Lipinski definition) is 2. The summed E-state index contributed by atoms with van der Waals surface area (Å²) in [5, 5.41) is 9.50. The Balaban J connectivity index is 2.30. The summed E-state index contributed by atoms with van der Waals surface area (Å²) >= 11 is 0. The average Bonchev–Trinajstić information content (AvgIpc) is 2.25. The van der Waals surface area contributed by atoms with E-state index in [0.717, 1.165) is 0 Å². The highest BCUT2D eigenvalue weighted by molar-refractivity contribution is 5.56. The minimum absolute atomic E-state index is 0.215. The van der Waals surface area contributed by atoms with Crippen molar-refractivity contribution in [1.82, 2.24) is 0 Å². The number of anilines is 1. The molecule has 0 atom stereocenters. The van der Waals surface area contributed by atoms with Crippen LogP contribution in [0, 0.1) is 6.92 Å². The van der Waals surface area contributed by atoms with Gasteiger partial charge in [-0.1, -0.05) is 19.3 Å². The van der Waals surface area contributed by atoms with E-state index in [1.807, 2.05) is 6.07 Å². The quantitative estimate of drug-likeness (QED) is 0.545. The second-order valence-corrected chi connectivity index (χ2v) is 4.60. The monoisotopic (exact) mass is 205 g/mol. The molecule has 0 radical (unpaired) electrons. The summed E-state index contributed by atoms with van der Waals surface area (Å²) in [6.45, 7) is 2.06. The predicted molar refractivity (Wildman–Crippen MR) is 63.1 cm³/mol. The maximum atomic E-state index is 9.50. The first-order chi connectivity index (χ1) is 7.18. The fraction of sp³-hybridized carbons (Fsp3) is 0.538. The Hall–Kier alpha value is -1.18. The van der Waals surface area contributed by atoms with Crippen molar-refractivity contribution in [3.8, 4) is 5.75 Å². The normalized spacial score (nSPS) is 17.9. The Labute approximate surface area is 91.1 Å². The maximum absolute atomic E-state index is 9.50. The van der Waals surface area contributed by atoms with E-state index in [1.54, 1.807) is 6.07 Å². The van der Waals surface area contributed by atoms with Crippen LogP contribution in [-0.4, -0.2) is 5.11 Å². The molecular weight excluding hydrogens is 186 g/mol. The molecule has 1 aromatic rings. The van der Waals surface area contributed by atoms with E-state index in [0.29, 0.717) is 11.6 Å². The van der Waals surface area contributed by atoms with Gasteiger partial charge in [0.05, 0.1) is 5.69 Å². The van der Waals surface area contributed by atoms with E-state index in [-0.39, 0.29) is 5.75 Å². The SMILES string of the molecule is Cc1cc(O)c(N)cc1C1CCCCC1. The lowest BCUT2D eigenvalue weighted by atomic mass is 9.82. The number of rotatable bonds is 1. The summed E-state index contributed by atoms with van der Waals surface area (Å²) in [5.41, 5.74) is 8.77. The van der Waals surface area contributed by atoms with Crippen molar-refractivity contribution in [3.63, 3.8) is 0 Å². The minimum atomic E-state index is 0.215. The van der Waals surface area contributed by atoms with Crippen molar-refractivity contribution in [2.45, 2.75) is 44.9 Å². The zero-order valence-corrected chi connectivity index (χ0v) is 9.29. The molecular formula is C13H19NO. The van der Waals surface area contributed by atoms with Crippen molar-refractivity contribution in [3.05, 3.63) is 23.3 Å². The van der Waals surface area contributed by atoms with Crippen LogP contribution in [-0.2, 0) is 0 Å². The fourth-order valence-electron chi connectivity index (χ4n) is 2.58. The molecule has 15 heavy (non-hydrogen) atoms. The molecule has 1 aliphatic rings. The second-order valence-electron chi connectivity index (χ2n) is 4.60. The Kier molecular flexibility index (Phi) is 2.85. The molecule has 0 aromatic heterocycles. The van der Waals surface area contributed by atoms with Crippen molar-refractivity contribution in [2.24, 2.45) is 0 Å². The van der Waals surface area contributed by atoms with Crippen LogP contribution in [0.2, 0.25) is 0 Å². The summed E-state index contributed by atoms with van der Waals surface area (Å²) in [7, 11) is 0. The predicted octanol–water partition coefficient (Wildman–Crippen LogP) is 3.33. The first-order valence-corrected chi connectivity index (χ1v) is 5.77. The maximum Gasteiger partial charge on any atom is 0.138 e.